The Labute approximate surface area is 128 Å². The van der Waals surface area contributed by atoms with Crippen LogP contribution in [-0.4, -0.2) is 65.6 Å². The zero-order chi connectivity index (χ0) is 18.6. The molecule has 6 atom stereocenters. The van der Waals surface area contributed by atoms with E-state index in [1.54, 1.807) is 0 Å². The van der Waals surface area contributed by atoms with Gasteiger partial charge in [0.25, 0.3) is 0 Å². The smallest absolute Gasteiger partial charge is 0.391 e. The molecule has 7 N–H and O–H groups in total. The molecular formula is C6H15O14P3. The molecule has 0 spiro atoms. The SMILES string of the molecule is C[C@H](O)[C@H](O)[C@@H](O)[C@H](C=O)OP(=O)(O)OP(=O)(O)OP(=O)(O)O. The molecule has 0 aliphatic carbocycles. The van der Waals surface area contributed by atoms with Crippen LogP contribution in [0.5, 0.6) is 0 Å². The molecule has 0 rings (SSSR count). The van der Waals surface area contributed by atoms with Gasteiger partial charge in [-0.25, -0.2) is 13.7 Å². The molecule has 0 aliphatic rings. The average Bonchev–Trinajstić information content (AvgIpc) is 2.29. The predicted molar refractivity (Wildman–Crippen MR) is 68.5 cm³/mol. The lowest BCUT2D eigenvalue weighted by Crippen LogP contribution is -2.44. The van der Waals surface area contributed by atoms with Gasteiger partial charge in [-0.1, -0.05) is 0 Å². The molecule has 0 heterocycles. The van der Waals surface area contributed by atoms with Crippen LogP contribution in [-0.2, 0) is 31.6 Å². The molecule has 138 valence electrons. The predicted octanol–water partition coefficient (Wildman–Crippen LogP) is -2.00. The Kier molecular flexibility index (Phi) is 8.35. The molecule has 0 saturated carbocycles. The third-order valence-corrected chi connectivity index (χ3v) is 5.82. The van der Waals surface area contributed by atoms with Gasteiger partial charge in [-0.2, -0.15) is 8.62 Å². The van der Waals surface area contributed by atoms with Gasteiger partial charge in [0, 0.05) is 0 Å². The van der Waals surface area contributed by atoms with E-state index in [0.29, 0.717) is 0 Å². The molecule has 0 radical (unpaired) electrons. The number of carbonyl (C=O) groups is 1. The molecule has 2 unspecified atom stereocenters. The highest BCUT2D eigenvalue weighted by molar-refractivity contribution is 7.66. The molecule has 0 saturated heterocycles. The summed E-state index contributed by atoms with van der Waals surface area (Å²) in [7, 11) is -17.0. The summed E-state index contributed by atoms with van der Waals surface area (Å²) in [6.07, 6.45) is -8.42. The fourth-order valence-electron chi connectivity index (χ4n) is 1.10. The lowest BCUT2D eigenvalue weighted by Gasteiger charge is -2.26. The van der Waals surface area contributed by atoms with E-state index in [4.69, 9.17) is 24.7 Å². The van der Waals surface area contributed by atoms with Crippen LogP contribution in [0, 0.1) is 0 Å². The zero-order valence-electron chi connectivity index (χ0n) is 11.2. The molecule has 0 amide bonds. The number of hydrogen-bond acceptors (Lipinski definition) is 10. The van der Waals surface area contributed by atoms with Gasteiger partial charge in [0.05, 0.1) is 6.10 Å². The van der Waals surface area contributed by atoms with Gasteiger partial charge < -0.3 is 39.7 Å². The Morgan fingerprint density at radius 3 is 1.70 bits per heavy atom. The number of rotatable bonds is 10. The van der Waals surface area contributed by atoms with Gasteiger partial charge in [0.1, 0.15) is 12.2 Å². The maximum Gasteiger partial charge on any atom is 0.490 e. The minimum absolute atomic E-state index is 0.297. The first kappa shape index (κ1) is 23.0. The molecule has 0 aliphatic heterocycles. The highest BCUT2D eigenvalue weighted by atomic mass is 31.3. The normalized spacial score (nSPS) is 23.1. The first-order valence-electron chi connectivity index (χ1n) is 5.42. The maximum absolute atomic E-state index is 11.4. The van der Waals surface area contributed by atoms with Crippen molar-refractivity contribution in [2.45, 2.75) is 31.3 Å². The molecule has 0 fully saturated rings. The van der Waals surface area contributed by atoms with E-state index >= 15 is 0 Å². The molecule has 0 aromatic heterocycles. The molecule has 17 heteroatoms. The van der Waals surface area contributed by atoms with Crippen LogP contribution >= 0.6 is 23.5 Å². The summed E-state index contributed by atoms with van der Waals surface area (Å²) in [4.78, 5) is 45.3. The van der Waals surface area contributed by atoms with Gasteiger partial charge in [0.2, 0.25) is 0 Å². The summed E-state index contributed by atoms with van der Waals surface area (Å²) >= 11 is 0. The summed E-state index contributed by atoms with van der Waals surface area (Å²) in [5.74, 6) is 0. The van der Waals surface area contributed by atoms with Crippen molar-refractivity contribution < 1.29 is 66.5 Å². The second-order valence-electron chi connectivity index (χ2n) is 4.02. The van der Waals surface area contributed by atoms with E-state index in [9.17, 15) is 28.7 Å². The topological polar surface area (TPSA) is 238 Å². The molecule has 14 nitrogen and oxygen atoms in total. The largest absolute Gasteiger partial charge is 0.490 e. The third-order valence-electron chi connectivity index (χ3n) is 1.99. The maximum atomic E-state index is 11.4. The van der Waals surface area contributed by atoms with Crippen LogP contribution in [0.2, 0.25) is 0 Å². The summed E-state index contributed by atoms with van der Waals surface area (Å²) in [6, 6.07) is 0. The van der Waals surface area contributed by atoms with E-state index < -0.39 is 47.9 Å². The van der Waals surface area contributed by atoms with Gasteiger partial charge in [0.15, 0.2) is 12.4 Å². The second-order valence-corrected chi connectivity index (χ2v) is 8.39. The van der Waals surface area contributed by atoms with E-state index in [0.717, 1.165) is 6.92 Å². The van der Waals surface area contributed by atoms with Crippen molar-refractivity contribution in [3.05, 3.63) is 0 Å². The monoisotopic (exact) mass is 404 g/mol. The number of phosphoric ester groups is 1. The van der Waals surface area contributed by atoms with E-state index in [2.05, 4.69) is 13.1 Å². The Bertz CT molecular complexity index is 539. The number of aliphatic hydroxyl groups excluding tert-OH is 3. The molecule has 0 aromatic rings. The summed E-state index contributed by atoms with van der Waals surface area (Å²) in [6.45, 7) is 1.00. The second kappa shape index (κ2) is 8.37. The van der Waals surface area contributed by atoms with Crippen LogP contribution in [0.1, 0.15) is 6.92 Å². The number of carbonyl (C=O) groups excluding carboxylic acids is 1. The summed E-state index contributed by atoms with van der Waals surface area (Å²) < 4.78 is 43.6. The Balaban J connectivity index is 5.08. The van der Waals surface area contributed by atoms with Crippen molar-refractivity contribution in [3.8, 4) is 0 Å². The van der Waals surface area contributed by atoms with Crippen molar-refractivity contribution in [2.24, 2.45) is 0 Å². The molecular weight excluding hydrogens is 389 g/mol. The van der Waals surface area contributed by atoms with Crippen molar-refractivity contribution in [2.75, 3.05) is 0 Å². The molecule has 0 aromatic carbocycles. The zero-order valence-corrected chi connectivity index (χ0v) is 13.9. The number of hydrogen-bond donors (Lipinski definition) is 7. The van der Waals surface area contributed by atoms with Gasteiger partial charge in [-0.15, -0.1) is 0 Å². The summed E-state index contributed by atoms with van der Waals surface area (Å²) in [5.41, 5.74) is 0. The van der Waals surface area contributed by atoms with Gasteiger partial charge >= 0.3 is 23.5 Å². The molecule has 0 bridgehead atoms. The van der Waals surface area contributed by atoms with Crippen molar-refractivity contribution in [1.82, 2.24) is 0 Å². The number of aldehydes is 1. The average molecular weight is 404 g/mol. The Hall–Kier alpha value is -0.0400. The Morgan fingerprint density at radius 1 is 0.870 bits per heavy atom. The minimum atomic E-state index is -5.79. The van der Waals surface area contributed by atoms with Gasteiger partial charge in [-0.3, -0.25) is 4.52 Å². The Morgan fingerprint density at radius 2 is 1.35 bits per heavy atom. The first-order valence-corrected chi connectivity index (χ1v) is 9.94. The fourth-order valence-corrected chi connectivity index (χ4v) is 4.24. The van der Waals surface area contributed by atoms with E-state index in [1.165, 1.54) is 0 Å². The lowest BCUT2D eigenvalue weighted by atomic mass is 10.1. The van der Waals surface area contributed by atoms with Crippen molar-refractivity contribution >= 4 is 29.8 Å². The van der Waals surface area contributed by atoms with Crippen molar-refractivity contribution in [1.29, 1.82) is 0 Å². The first-order chi connectivity index (χ1) is 10.1. The molecule has 23 heavy (non-hydrogen) atoms. The highest BCUT2D eigenvalue weighted by Gasteiger charge is 2.43. The minimum Gasteiger partial charge on any atom is -0.391 e. The third kappa shape index (κ3) is 9.13. The van der Waals surface area contributed by atoms with Crippen LogP contribution in [0.4, 0.5) is 0 Å². The van der Waals surface area contributed by atoms with Crippen LogP contribution < -0.4 is 0 Å². The highest BCUT2D eigenvalue weighted by Crippen LogP contribution is 2.66. The van der Waals surface area contributed by atoms with E-state index in [1.807, 2.05) is 0 Å². The van der Waals surface area contributed by atoms with Crippen LogP contribution in [0.3, 0.4) is 0 Å². The van der Waals surface area contributed by atoms with E-state index in [-0.39, 0.29) is 6.29 Å². The van der Waals surface area contributed by atoms with Crippen molar-refractivity contribution in [3.63, 3.8) is 0 Å². The quantitative estimate of drug-likeness (QED) is 0.154. The number of aliphatic hydroxyl groups is 3. The van der Waals surface area contributed by atoms with Crippen LogP contribution in [0.15, 0.2) is 0 Å². The standard InChI is InChI=1S/C6H15O14P3/c1-3(8)5(9)6(10)4(2-7)18-22(14,15)20-23(16,17)19-21(11,12)13/h2-6,8-10H,1H3,(H,14,15)(H,16,17)(H2,11,12,13)/t3-,4-,5-,6-/m0/s1. The van der Waals surface area contributed by atoms with Gasteiger partial charge in [-0.05, 0) is 6.92 Å². The lowest BCUT2D eigenvalue weighted by molar-refractivity contribution is -0.131. The van der Waals surface area contributed by atoms with Crippen LogP contribution in [0.25, 0.3) is 0 Å². The summed E-state index contributed by atoms with van der Waals surface area (Å²) in [5, 5.41) is 27.8. The number of phosphoric acid groups is 3. The fraction of sp³-hybridized carbons (Fsp3) is 0.833.